The second-order valence-electron chi connectivity index (χ2n) is 5.32. The molecule has 96 valence electrons. The van der Waals surface area contributed by atoms with E-state index in [4.69, 9.17) is 0 Å². The summed E-state index contributed by atoms with van der Waals surface area (Å²) in [6, 6.07) is 0.515. The Labute approximate surface area is 103 Å². The van der Waals surface area contributed by atoms with E-state index < -0.39 is 0 Å². The zero-order chi connectivity index (χ0) is 12.3. The third kappa shape index (κ3) is 3.43. The first kappa shape index (κ1) is 12.4. The maximum Gasteiger partial charge on any atom is 0.244 e. The van der Waals surface area contributed by atoms with Crippen LogP contribution in [0.5, 0.6) is 0 Å². The predicted octanol–water partition coefficient (Wildman–Crippen LogP) is 1.19. The van der Waals surface area contributed by atoms with Gasteiger partial charge in [0.25, 0.3) is 0 Å². The molecule has 5 heteroatoms. The van der Waals surface area contributed by atoms with Gasteiger partial charge in [0, 0.05) is 32.1 Å². The van der Waals surface area contributed by atoms with Crippen molar-refractivity contribution in [3.8, 4) is 0 Å². The first-order valence-corrected chi connectivity index (χ1v) is 6.54. The Bertz CT molecular complexity index is 346. The molecule has 1 atom stereocenters. The molecule has 1 aromatic heterocycles. The van der Waals surface area contributed by atoms with E-state index in [2.05, 4.69) is 46.2 Å². The maximum absolute atomic E-state index is 4.57. The third-order valence-electron chi connectivity index (χ3n) is 3.13. The van der Waals surface area contributed by atoms with Crippen LogP contribution in [0.25, 0.3) is 0 Å². The SMILES string of the molecule is CC(C)CCc1nc(N2CCNC(C)C2)n[nH]1. The summed E-state index contributed by atoms with van der Waals surface area (Å²) in [6.07, 6.45) is 2.15. The normalized spacial score (nSPS) is 21.2. The smallest absolute Gasteiger partial charge is 0.244 e. The zero-order valence-electron chi connectivity index (χ0n) is 11.0. The predicted molar refractivity (Wildman–Crippen MR) is 69.2 cm³/mol. The van der Waals surface area contributed by atoms with Crippen LogP contribution < -0.4 is 10.2 Å². The molecule has 17 heavy (non-hydrogen) atoms. The van der Waals surface area contributed by atoms with Gasteiger partial charge in [0.15, 0.2) is 0 Å². The van der Waals surface area contributed by atoms with Gasteiger partial charge in [-0.3, -0.25) is 5.10 Å². The minimum absolute atomic E-state index is 0.515. The molecular weight excluding hydrogens is 214 g/mol. The number of aromatic amines is 1. The number of anilines is 1. The molecule has 0 radical (unpaired) electrons. The van der Waals surface area contributed by atoms with Crippen molar-refractivity contribution in [1.29, 1.82) is 0 Å². The minimum Gasteiger partial charge on any atom is -0.337 e. The maximum atomic E-state index is 4.57. The molecule has 5 nitrogen and oxygen atoms in total. The lowest BCUT2D eigenvalue weighted by Crippen LogP contribution is -2.49. The van der Waals surface area contributed by atoms with Crippen molar-refractivity contribution in [3.63, 3.8) is 0 Å². The monoisotopic (exact) mass is 237 g/mol. The molecule has 1 unspecified atom stereocenters. The molecule has 0 saturated carbocycles. The van der Waals surface area contributed by atoms with Gasteiger partial charge in [-0.1, -0.05) is 13.8 Å². The van der Waals surface area contributed by atoms with Crippen LogP contribution in [0, 0.1) is 5.92 Å². The lowest BCUT2D eigenvalue weighted by atomic mass is 10.1. The Kier molecular flexibility index (Phi) is 3.99. The molecule has 0 spiro atoms. The van der Waals surface area contributed by atoms with Gasteiger partial charge in [-0.2, -0.15) is 4.98 Å². The van der Waals surface area contributed by atoms with Crippen molar-refractivity contribution in [2.75, 3.05) is 24.5 Å². The number of aromatic nitrogens is 3. The molecule has 1 aromatic rings. The fourth-order valence-corrected chi connectivity index (χ4v) is 2.08. The van der Waals surface area contributed by atoms with Crippen molar-refractivity contribution < 1.29 is 0 Å². The van der Waals surface area contributed by atoms with E-state index in [1.54, 1.807) is 0 Å². The molecular formula is C12H23N5. The van der Waals surface area contributed by atoms with Crippen LogP contribution in [0.4, 0.5) is 5.95 Å². The number of piperazine rings is 1. The van der Waals surface area contributed by atoms with Crippen LogP contribution in [0.1, 0.15) is 33.0 Å². The Balaban J connectivity index is 1.92. The highest BCUT2D eigenvalue weighted by atomic mass is 15.4. The van der Waals surface area contributed by atoms with E-state index >= 15 is 0 Å². The molecule has 0 aliphatic carbocycles. The van der Waals surface area contributed by atoms with Gasteiger partial charge in [-0.05, 0) is 19.3 Å². The summed E-state index contributed by atoms with van der Waals surface area (Å²) in [5.41, 5.74) is 0. The summed E-state index contributed by atoms with van der Waals surface area (Å²) in [5, 5.41) is 10.8. The first-order chi connectivity index (χ1) is 8.15. The average molecular weight is 237 g/mol. The van der Waals surface area contributed by atoms with Gasteiger partial charge in [-0.15, -0.1) is 5.10 Å². The van der Waals surface area contributed by atoms with Gasteiger partial charge >= 0.3 is 0 Å². The van der Waals surface area contributed by atoms with Gasteiger partial charge in [0.1, 0.15) is 5.82 Å². The second-order valence-corrected chi connectivity index (χ2v) is 5.32. The molecule has 0 bridgehead atoms. The Morgan fingerprint density at radius 1 is 1.47 bits per heavy atom. The van der Waals surface area contributed by atoms with Crippen LogP contribution in [-0.2, 0) is 6.42 Å². The van der Waals surface area contributed by atoms with Gasteiger partial charge in [-0.25, -0.2) is 0 Å². The number of H-pyrrole nitrogens is 1. The number of rotatable bonds is 4. The second kappa shape index (κ2) is 5.49. The highest BCUT2D eigenvalue weighted by Crippen LogP contribution is 2.12. The van der Waals surface area contributed by atoms with E-state index in [0.29, 0.717) is 12.0 Å². The fourth-order valence-electron chi connectivity index (χ4n) is 2.08. The summed E-state index contributed by atoms with van der Waals surface area (Å²) in [7, 11) is 0. The Morgan fingerprint density at radius 2 is 2.29 bits per heavy atom. The molecule has 1 aliphatic heterocycles. The number of nitrogens with one attached hydrogen (secondary N) is 2. The molecule has 1 fully saturated rings. The summed E-state index contributed by atoms with van der Waals surface area (Å²) in [6.45, 7) is 9.65. The largest absolute Gasteiger partial charge is 0.337 e. The van der Waals surface area contributed by atoms with Gasteiger partial charge in [0.2, 0.25) is 5.95 Å². The number of hydrogen-bond donors (Lipinski definition) is 2. The fraction of sp³-hybridized carbons (Fsp3) is 0.833. The summed E-state index contributed by atoms with van der Waals surface area (Å²) in [5.74, 6) is 2.58. The number of aryl methyl sites for hydroxylation is 1. The quantitative estimate of drug-likeness (QED) is 0.826. The lowest BCUT2D eigenvalue weighted by Gasteiger charge is -2.30. The van der Waals surface area contributed by atoms with Crippen molar-refractivity contribution in [3.05, 3.63) is 5.82 Å². The standard InChI is InChI=1S/C12H23N5/c1-9(2)4-5-11-14-12(16-15-11)17-7-6-13-10(3)8-17/h9-10,13H,4-8H2,1-3H3,(H,14,15,16). The van der Waals surface area contributed by atoms with E-state index in [0.717, 1.165) is 44.2 Å². The Hall–Kier alpha value is -1.10. The molecule has 2 rings (SSSR count). The number of nitrogens with zero attached hydrogens (tertiary/aromatic N) is 3. The van der Waals surface area contributed by atoms with Crippen molar-refractivity contribution in [1.82, 2.24) is 20.5 Å². The summed E-state index contributed by atoms with van der Waals surface area (Å²) >= 11 is 0. The molecule has 2 heterocycles. The Morgan fingerprint density at radius 3 is 3.00 bits per heavy atom. The van der Waals surface area contributed by atoms with E-state index in [9.17, 15) is 0 Å². The molecule has 0 amide bonds. The molecule has 2 N–H and O–H groups in total. The van der Waals surface area contributed by atoms with Crippen LogP contribution in [0.3, 0.4) is 0 Å². The third-order valence-corrected chi connectivity index (χ3v) is 3.13. The topological polar surface area (TPSA) is 56.8 Å². The highest BCUT2D eigenvalue weighted by molar-refractivity contribution is 5.30. The van der Waals surface area contributed by atoms with Crippen LogP contribution in [0.2, 0.25) is 0 Å². The molecule has 1 saturated heterocycles. The van der Waals surface area contributed by atoms with E-state index in [-0.39, 0.29) is 0 Å². The van der Waals surface area contributed by atoms with Crippen LogP contribution >= 0.6 is 0 Å². The zero-order valence-corrected chi connectivity index (χ0v) is 11.0. The average Bonchev–Trinajstić information content (AvgIpc) is 2.75. The van der Waals surface area contributed by atoms with Crippen molar-refractivity contribution in [2.24, 2.45) is 5.92 Å². The molecule has 0 aromatic carbocycles. The van der Waals surface area contributed by atoms with Crippen molar-refractivity contribution >= 4 is 5.95 Å². The van der Waals surface area contributed by atoms with Crippen LogP contribution in [0.15, 0.2) is 0 Å². The summed E-state index contributed by atoms with van der Waals surface area (Å²) in [4.78, 5) is 6.82. The first-order valence-electron chi connectivity index (χ1n) is 6.54. The van der Waals surface area contributed by atoms with Gasteiger partial charge < -0.3 is 10.2 Å². The minimum atomic E-state index is 0.515. The van der Waals surface area contributed by atoms with Crippen molar-refractivity contribution in [2.45, 2.75) is 39.7 Å². The molecule has 1 aliphatic rings. The summed E-state index contributed by atoms with van der Waals surface area (Å²) < 4.78 is 0. The van der Waals surface area contributed by atoms with E-state index in [1.165, 1.54) is 0 Å². The van der Waals surface area contributed by atoms with Gasteiger partial charge in [0.05, 0.1) is 0 Å². The lowest BCUT2D eigenvalue weighted by molar-refractivity contribution is 0.479. The van der Waals surface area contributed by atoms with Crippen LogP contribution in [-0.4, -0.2) is 40.9 Å². The number of hydrogen-bond acceptors (Lipinski definition) is 4. The van der Waals surface area contributed by atoms with E-state index in [1.807, 2.05) is 0 Å². The highest BCUT2D eigenvalue weighted by Gasteiger charge is 2.19.